The molecule has 0 unspecified atom stereocenters. The first-order valence-electron chi connectivity index (χ1n) is 7.65. The SMILES string of the molecule is CCOC(=O)c1[nH]c2cc(OCc3ccccc3)ccc2c1C. The number of H-pyrrole nitrogens is 1. The van der Waals surface area contributed by atoms with Gasteiger partial charge >= 0.3 is 5.97 Å². The van der Waals surface area contributed by atoms with Crippen LogP contribution < -0.4 is 4.74 Å². The summed E-state index contributed by atoms with van der Waals surface area (Å²) in [6, 6.07) is 15.8. The highest BCUT2D eigenvalue weighted by atomic mass is 16.5. The number of aromatic nitrogens is 1. The number of fused-ring (bicyclic) bond motifs is 1. The van der Waals surface area contributed by atoms with Crippen LogP contribution in [0.5, 0.6) is 5.75 Å². The molecule has 118 valence electrons. The van der Waals surface area contributed by atoms with Crippen molar-refractivity contribution >= 4 is 16.9 Å². The van der Waals surface area contributed by atoms with E-state index in [0.29, 0.717) is 18.9 Å². The monoisotopic (exact) mass is 309 g/mol. The van der Waals surface area contributed by atoms with Gasteiger partial charge < -0.3 is 14.5 Å². The maximum atomic E-state index is 11.9. The molecule has 23 heavy (non-hydrogen) atoms. The molecule has 1 N–H and O–H groups in total. The van der Waals surface area contributed by atoms with Crippen LogP contribution in [0.15, 0.2) is 48.5 Å². The minimum atomic E-state index is -0.326. The third-order valence-electron chi connectivity index (χ3n) is 3.76. The second kappa shape index (κ2) is 6.57. The number of carbonyl (C=O) groups excluding carboxylic acids is 1. The first kappa shape index (κ1) is 15.2. The molecule has 0 aliphatic rings. The van der Waals surface area contributed by atoms with Crippen LogP contribution >= 0.6 is 0 Å². The fourth-order valence-electron chi connectivity index (χ4n) is 2.55. The standard InChI is InChI=1S/C19H19NO3/c1-3-22-19(21)18-13(2)16-10-9-15(11-17(16)20-18)23-12-14-7-5-4-6-8-14/h4-11,20H,3,12H2,1-2H3. The van der Waals surface area contributed by atoms with Gasteiger partial charge in [0, 0.05) is 11.5 Å². The van der Waals surface area contributed by atoms with Gasteiger partial charge in [-0.25, -0.2) is 4.79 Å². The Morgan fingerprint density at radius 3 is 2.65 bits per heavy atom. The Kier molecular flexibility index (Phi) is 4.33. The van der Waals surface area contributed by atoms with E-state index in [1.165, 1.54) is 0 Å². The lowest BCUT2D eigenvalue weighted by molar-refractivity contribution is 0.0520. The Bertz CT molecular complexity index is 821. The zero-order chi connectivity index (χ0) is 16.2. The van der Waals surface area contributed by atoms with E-state index in [9.17, 15) is 4.79 Å². The number of ether oxygens (including phenoxy) is 2. The number of aromatic amines is 1. The van der Waals surface area contributed by atoms with Crippen LogP contribution in [0.1, 0.15) is 28.5 Å². The quantitative estimate of drug-likeness (QED) is 0.717. The van der Waals surface area contributed by atoms with E-state index in [-0.39, 0.29) is 5.97 Å². The Morgan fingerprint density at radius 2 is 1.91 bits per heavy atom. The van der Waals surface area contributed by atoms with Gasteiger partial charge in [-0.2, -0.15) is 0 Å². The summed E-state index contributed by atoms with van der Waals surface area (Å²) >= 11 is 0. The Morgan fingerprint density at radius 1 is 1.13 bits per heavy atom. The summed E-state index contributed by atoms with van der Waals surface area (Å²) in [5, 5.41) is 1.00. The Balaban J connectivity index is 1.83. The van der Waals surface area contributed by atoms with E-state index in [0.717, 1.165) is 27.8 Å². The first-order chi connectivity index (χ1) is 11.2. The summed E-state index contributed by atoms with van der Waals surface area (Å²) < 4.78 is 10.9. The van der Waals surface area contributed by atoms with Gasteiger partial charge in [0.1, 0.15) is 18.1 Å². The molecule has 0 saturated carbocycles. The molecule has 2 aromatic carbocycles. The molecular weight excluding hydrogens is 290 g/mol. The lowest BCUT2D eigenvalue weighted by atomic mass is 10.1. The fourth-order valence-corrected chi connectivity index (χ4v) is 2.55. The van der Waals surface area contributed by atoms with Crippen molar-refractivity contribution in [2.75, 3.05) is 6.61 Å². The Hall–Kier alpha value is -2.75. The molecule has 0 radical (unpaired) electrons. The molecule has 0 aliphatic carbocycles. The zero-order valence-corrected chi connectivity index (χ0v) is 13.3. The minimum absolute atomic E-state index is 0.326. The van der Waals surface area contributed by atoms with Crippen molar-refractivity contribution < 1.29 is 14.3 Å². The summed E-state index contributed by atoms with van der Waals surface area (Å²) in [5.74, 6) is 0.436. The largest absolute Gasteiger partial charge is 0.489 e. The highest BCUT2D eigenvalue weighted by Gasteiger charge is 2.15. The van der Waals surface area contributed by atoms with Crippen LogP contribution in [0.4, 0.5) is 0 Å². The van der Waals surface area contributed by atoms with Gasteiger partial charge in [-0.3, -0.25) is 0 Å². The molecule has 0 spiro atoms. The summed E-state index contributed by atoms with van der Waals surface area (Å²) in [6.45, 7) is 4.58. The van der Waals surface area contributed by atoms with E-state index in [1.807, 2.05) is 55.5 Å². The van der Waals surface area contributed by atoms with Crippen LogP contribution in [0.3, 0.4) is 0 Å². The summed E-state index contributed by atoms with van der Waals surface area (Å²) in [4.78, 5) is 15.1. The van der Waals surface area contributed by atoms with Crippen molar-refractivity contribution in [1.82, 2.24) is 4.98 Å². The molecule has 0 bridgehead atoms. The number of benzene rings is 2. The van der Waals surface area contributed by atoms with Crippen molar-refractivity contribution in [2.45, 2.75) is 20.5 Å². The van der Waals surface area contributed by atoms with Gasteiger partial charge in [0.2, 0.25) is 0 Å². The highest BCUT2D eigenvalue weighted by molar-refractivity contribution is 5.98. The van der Waals surface area contributed by atoms with Crippen molar-refractivity contribution in [2.24, 2.45) is 0 Å². The van der Waals surface area contributed by atoms with E-state index < -0.39 is 0 Å². The van der Waals surface area contributed by atoms with Crippen LogP contribution in [0.25, 0.3) is 10.9 Å². The maximum Gasteiger partial charge on any atom is 0.355 e. The normalized spacial score (nSPS) is 10.7. The molecule has 4 heteroatoms. The Labute approximate surface area is 135 Å². The summed E-state index contributed by atoms with van der Waals surface area (Å²) in [5.41, 5.74) is 3.38. The lowest BCUT2D eigenvalue weighted by Crippen LogP contribution is -2.06. The van der Waals surface area contributed by atoms with Gasteiger partial charge in [0.25, 0.3) is 0 Å². The average Bonchev–Trinajstić information content (AvgIpc) is 2.91. The van der Waals surface area contributed by atoms with E-state index in [4.69, 9.17) is 9.47 Å². The van der Waals surface area contributed by atoms with E-state index in [1.54, 1.807) is 6.92 Å². The maximum absolute atomic E-state index is 11.9. The van der Waals surface area contributed by atoms with Gasteiger partial charge in [0.05, 0.1) is 12.1 Å². The van der Waals surface area contributed by atoms with Crippen LogP contribution in [-0.2, 0) is 11.3 Å². The molecule has 1 aromatic heterocycles. The van der Waals surface area contributed by atoms with Crippen molar-refractivity contribution in [3.8, 4) is 5.75 Å². The van der Waals surface area contributed by atoms with Crippen LogP contribution in [0, 0.1) is 6.92 Å². The molecular formula is C19H19NO3. The molecule has 4 nitrogen and oxygen atoms in total. The summed E-state index contributed by atoms with van der Waals surface area (Å²) in [7, 11) is 0. The smallest absolute Gasteiger partial charge is 0.355 e. The number of rotatable bonds is 5. The number of aryl methyl sites for hydroxylation is 1. The number of hydrogen-bond acceptors (Lipinski definition) is 3. The fraction of sp³-hybridized carbons (Fsp3) is 0.211. The molecule has 0 fully saturated rings. The number of esters is 1. The number of carbonyl (C=O) groups is 1. The highest BCUT2D eigenvalue weighted by Crippen LogP contribution is 2.26. The van der Waals surface area contributed by atoms with Crippen LogP contribution in [0.2, 0.25) is 0 Å². The topological polar surface area (TPSA) is 51.3 Å². The molecule has 0 amide bonds. The van der Waals surface area contributed by atoms with Gasteiger partial charge in [-0.15, -0.1) is 0 Å². The molecule has 3 aromatic rings. The second-order valence-electron chi connectivity index (χ2n) is 5.33. The molecule has 3 rings (SSSR count). The number of hydrogen-bond donors (Lipinski definition) is 1. The summed E-state index contributed by atoms with van der Waals surface area (Å²) in [6.07, 6.45) is 0. The van der Waals surface area contributed by atoms with E-state index in [2.05, 4.69) is 4.98 Å². The van der Waals surface area contributed by atoms with Crippen molar-refractivity contribution in [1.29, 1.82) is 0 Å². The van der Waals surface area contributed by atoms with Crippen molar-refractivity contribution in [3.05, 3.63) is 65.4 Å². The third kappa shape index (κ3) is 3.21. The van der Waals surface area contributed by atoms with Gasteiger partial charge in [-0.1, -0.05) is 30.3 Å². The molecule has 0 aliphatic heterocycles. The molecule has 1 heterocycles. The van der Waals surface area contributed by atoms with Crippen molar-refractivity contribution in [3.63, 3.8) is 0 Å². The lowest BCUT2D eigenvalue weighted by Gasteiger charge is -2.06. The van der Waals surface area contributed by atoms with Gasteiger partial charge in [0.15, 0.2) is 0 Å². The second-order valence-corrected chi connectivity index (χ2v) is 5.33. The predicted molar refractivity (Wildman–Crippen MR) is 89.8 cm³/mol. The number of nitrogens with one attached hydrogen (secondary N) is 1. The molecule has 0 saturated heterocycles. The zero-order valence-electron chi connectivity index (χ0n) is 13.3. The van der Waals surface area contributed by atoms with E-state index >= 15 is 0 Å². The molecule has 0 atom stereocenters. The third-order valence-corrected chi connectivity index (χ3v) is 3.76. The van der Waals surface area contributed by atoms with Crippen LogP contribution in [-0.4, -0.2) is 17.6 Å². The first-order valence-corrected chi connectivity index (χ1v) is 7.65. The predicted octanol–water partition coefficient (Wildman–Crippen LogP) is 4.23. The van der Waals surface area contributed by atoms with Gasteiger partial charge in [-0.05, 0) is 37.1 Å². The minimum Gasteiger partial charge on any atom is -0.489 e. The average molecular weight is 309 g/mol.